The van der Waals surface area contributed by atoms with Crippen LogP contribution in [0.4, 0.5) is 5.69 Å². The first kappa shape index (κ1) is 24.5. The Morgan fingerprint density at radius 1 is 1.14 bits per heavy atom. The molecule has 1 unspecified atom stereocenters. The van der Waals surface area contributed by atoms with Crippen LogP contribution in [0.1, 0.15) is 15.9 Å². The van der Waals surface area contributed by atoms with Gasteiger partial charge in [-0.2, -0.15) is 0 Å². The minimum absolute atomic E-state index is 0.145. The molecule has 0 saturated heterocycles. The Hall–Kier alpha value is -0.770. The van der Waals surface area contributed by atoms with E-state index in [1.165, 1.54) is 7.11 Å². The van der Waals surface area contributed by atoms with Gasteiger partial charge in [-0.15, -0.1) is 0 Å². The standard InChI is InChI=1S/C18H16Br2Cl3N3O2S/c1-9-7-11(19)14(12(20)8-9)24-17(29)26-16(18(21,22)23)25-15(27)10-5-3-4-6-13(10)28-2/h3-8,16H,1-2H3,(H,25,27)(H2,24,26,29). The maximum Gasteiger partial charge on any atom is 0.256 e. The zero-order valence-electron chi connectivity index (χ0n) is 15.2. The molecule has 0 aliphatic heterocycles. The van der Waals surface area contributed by atoms with Gasteiger partial charge in [-0.1, -0.05) is 46.9 Å². The number of nitrogens with one attached hydrogen (secondary N) is 3. The topological polar surface area (TPSA) is 62.4 Å². The van der Waals surface area contributed by atoms with Gasteiger partial charge >= 0.3 is 0 Å². The summed E-state index contributed by atoms with van der Waals surface area (Å²) in [6.45, 7) is 1.96. The highest BCUT2D eigenvalue weighted by Gasteiger charge is 2.35. The lowest BCUT2D eigenvalue weighted by Gasteiger charge is -2.28. The van der Waals surface area contributed by atoms with Crippen LogP contribution in [-0.4, -0.2) is 28.1 Å². The summed E-state index contributed by atoms with van der Waals surface area (Å²) in [5.74, 6) is -0.104. The number of aryl methyl sites for hydroxylation is 1. The largest absolute Gasteiger partial charge is 0.496 e. The summed E-state index contributed by atoms with van der Waals surface area (Å²) >= 11 is 30.4. The number of rotatable bonds is 5. The lowest BCUT2D eigenvalue weighted by Crippen LogP contribution is -2.56. The molecule has 1 amide bonds. The molecule has 29 heavy (non-hydrogen) atoms. The predicted molar refractivity (Wildman–Crippen MR) is 130 cm³/mol. The van der Waals surface area contributed by atoms with Crippen LogP contribution in [0.5, 0.6) is 5.75 Å². The molecule has 0 aliphatic carbocycles. The summed E-state index contributed by atoms with van der Waals surface area (Å²) in [6, 6.07) is 10.5. The quantitative estimate of drug-likeness (QED) is 0.224. The number of methoxy groups -OCH3 is 1. The lowest BCUT2D eigenvalue weighted by molar-refractivity contribution is 0.0931. The molecule has 0 heterocycles. The summed E-state index contributed by atoms with van der Waals surface area (Å²) in [4.78, 5) is 12.7. The molecule has 2 rings (SSSR count). The number of para-hydroxylation sites is 1. The highest BCUT2D eigenvalue weighted by atomic mass is 79.9. The highest BCUT2D eigenvalue weighted by Crippen LogP contribution is 2.33. The van der Waals surface area contributed by atoms with E-state index in [4.69, 9.17) is 51.8 Å². The number of hydrogen-bond donors (Lipinski definition) is 3. The molecule has 5 nitrogen and oxygen atoms in total. The van der Waals surface area contributed by atoms with Crippen LogP contribution in [0, 0.1) is 6.92 Å². The van der Waals surface area contributed by atoms with E-state index in [0.717, 1.165) is 14.5 Å². The van der Waals surface area contributed by atoms with E-state index in [1.54, 1.807) is 24.3 Å². The monoisotopic (exact) mass is 601 g/mol. The molecule has 0 saturated carbocycles. The summed E-state index contributed by atoms with van der Waals surface area (Å²) in [5.41, 5.74) is 2.03. The van der Waals surface area contributed by atoms with Crippen molar-refractivity contribution in [3.63, 3.8) is 0 Å². The van der Waals surface area contributed by atoms with Gasteiger partial charge in [0.05, 0.1) is 18.4 Å². The van der Waals surface area contributed by atoms with Gasteiger partial charge in [0, 0.05) is 8.95 Å². The third-order valence-corrected chi connectivity index (χ3v) is 5.78. The minimum Gasteiger partial charge on any atom is -0.496 e. The number of carbonyl (C=O) groups excluding carboxylic acids is 1. The van der Waals surface area contributed by atoms with Crippen molar-refractivity contribution in [2.45, 2.75) is 16.9 Å². The SMILES string of the molecule is COc1ccccc1C(=O)NC(NC(=S)Nc1c(Br)cc(C)cc1Br)C(Cl)(Cl)Cl. The molecule has 2 aromatic carbocycles. The smallest absolute Gasteiger partial charge is 0.256 e. The Balaban J connectivity index is 2.17. The van der Waals surface area contributed by atoms with Gasteiger partial charge in [0.1, 0.15) is 11.9 Å². The number of benzene rings is 2. The van der Waals surface area contributed by atoms with Crippen LogP contribution in [-0.2, 0) is 0 Å². The number of halogens is 5. The lowest BCUT2D eigenvalue weighted by atomic mass is 10.2. The number of thiocarbonyl (C=S) groups is 1. The minimum atomic E-state index is -1.88. The summed E-state index contributed by atoms with van der Waals surface area (Å²) in [5, 5.41) is 8.61. The van der Waals surface area contributed by atoms with Crippen molar-refractivity contribution in [2.24, 2.45) is 0 Å². The van der Waals surface area contributed by atoms with Gasteiger partial charge in [-0.25, -0.2) is 0 Å². The number of ether oxygens (including phenoxy) is 1. The number of alkyl halides is 3. The van der Waals surface area contributed by atoms with E-state index in [-0.39, 0.29) is 5.11 Å². The van der Waals surface area contributed by atoms with Crippen LogP contribution >= 0.6 is 78.9 Å². The Morgan fingerprint density at radius 2 is 1.72 bits per heavy atom. The number of carbonyl (C=O) groups is 1. The number of hydrogen-bond acceptors (Lipinski definition) is 3. The molecule has 2 aromatic rings. The van der Waals surface area contributed by atoms with E-state index in [1.807, 2.05) is 19.1 Å². The fraction of sp³-hybridized carbons (Fsp3) is 0.222. The van der Waals surface area contributed by atoms with E-state index < -0.39 is 15.9 Å². The van der Waals surface area contributed by atoms with Crippen LogP contribution < -0.4 is 20.7 Å². The zero-order chi connectivity index (χ0) is 21.8. The number of amides is 1. The summed E-state index contributed by atoms with van der Waals surface area (Å²) in [7, 11) is 1.47. The number of anilines is 1. The fourth-order valence-corrected chi connectivity index (χ4v) is 4.50. The zero-order valence-corrected chi connectivity index (χ0v) is 21.4. The third-order valence-electron chi connectivity index (χ3n) is 3.65. The fourth-order valence-electron chi connectivity index (χ4n) is 2.34. The van der Waals surface area contributed by atoms with Gasteiger partial charge < -0.3 is 20.7 Å². The highest BCUT2D eigenvalue weighted by molar-refractivity contribution is 9.11. The first-order valence-electron chi connectivity index (χ1n) is 8.06. The van der Waals surface area contributed by atoms with Crippen LogP contribution in [0.15, 0.2) is 45.3 Å². The molecule has 156 valence electrons. The molecule has 0 radical (unpaired) electrons. The first-order valence-corrected chi connectivity index (χ1v) is 11.2. The van der Waals surface area contributed by atoms with Crippen molar-refractivity contribution in [2.75, 3.05) is 12.4 Å². The summed E-state index contributed by atoms with van der Waals surface area (Å²) in [6.07, 6.45) is -1.12. The maximum atomic E-state index is 12.7. The average Bonchev–Trinajstić information content (AvgIpc) is 2.63. The molecule has 0 fully saturated rings. The molecule has 0 aliphatic rings. The Kier molecular flexibility index (Phi) is 8.87. The van der Waals surface area contributed by atoms with Crippen LogP contribution in [0.3, 0.4) is 0 Å². The second kappa shape index (κ2) is 10.5. The molecule has 3 N–H and O–H groups in total. The van der Waals surface area contributed by atoms with Crippen molar-refractivity contribution in [3.8, 4) is 5.75 Å². The van der Waals surface area contributed by atoms with E-state index in [0.29, 0.717) is 17.0 Å². The van der Waals surface area contributed by atoms with Crippen molar-refractivity contribution < 1.29 is 9.53 Å². The second-order valence-corrected chi connectivity index (χ2v) is 10.3. The molecular weight excluding hydrogens is 588 g/mol. The normalized spacial score (nSPS) is 12.1. The molecule has 0 spiro atoms. The molecule has 11 heteroatoms. The Labute approximate surface area is 206 Å². The molecule has 0 aromatic heterocycles. The van der Waals surface area contributed by atoms with Gasteiger partial charge in [0.2, 0.25) is 3.79 Å². The summed E-state index contributed by atoms with van der Waals surface area (Å²) < 4.78 is 4.90. The van der Waals surface area contributed by atoms with Gasteiger partial charge in [0.15, 0.2) is 5.11 Å². The van der Waals surface area contributed by atoms with Crippen molar-refractivity contribution >= 4 is 95.6 Å². The van der Waals surface area contributed by atoms with Crippen LogP contribution in [0.25, 0.3) is 0 Å². The van der Waals surface area contributed by atoms with Crippen LogP contribution in [0.2, 0.25) is 0 Å². The van der Waals surface area contributed by atoms with Gasteiger partial charge in [-0.3, -0.25) is 4.79 Å². The third kappa shape index (κ3) is 6.87. The molecular formula is C18H16Br2Cl3N3O2S. The average molecular weight is 605 g/mol. The maximum absolute atomic E-state index is 12.7. The second-order valence-electron chi connectivity index (χ2n) is 5.85. The van der Waals surface area contributed by atoms with Gasteiger partial charge in [0.25, 0.3) is 5.91 Å². The van der Waals surface area contributed by atoms with Crippen molar-refractivity contribution in [3.05, 3.63) is 56.5 Å². The van der Waals surface area contributed by atoms with E-state index in [9.17, 15) is 4.79 Å². The van der Waals surface area contributed by atoms with Crippen molar-refractivity contribution in [1.82, 2.24) is 10.6 Å². The van der Waals surface area contributed by atoms with E-state index in [2.05, 4.69) is 47.8 Å². The Bertz CT molecular complexity index is 902. The predicted octanol–water partition coefficient (Wildman–Crippen LogP) is 5.94. The Morgan fingerprint density at radius 3 is 2.28 bits per heavy atom. The van der Waals surface area contributed by atoms with E-state index >= 15 is 0 Å². The molecule has 1 atom stereocenters. The first-order chi connectivity index (χ1) is 13.5. The van der Waals surface area contributed by atoms with Gasteiger partial charge in [-0.05, 0) is 80.8 Å². The van der Waals surface area contributed by atoms with Crippen molar-refractivity contribution in [1.29, 1.82) is 0 Å². The molecule has 0 bridgehead atoms.